The molecule has 2 heterocycles. The van der Waals surface area contributed by atoms with E-state index in [-0.39, 0.29) is 22.2 Å². The van der Waals surface area contributed by atoms with E-state index in [1.807, 2.05) is 20.8 Å². The van der Waals surface area contributed by atoms with Crippen LogP contribution in [0.3, 0.4) is 0 Å². The zero-order valence-corrected chi connectivity index (χ0v) is 24.0. The summed E-state index contributed by atoms with van der Waals surface area (Å²) in [7, 11) is 0. The highest BCUT2D eigenvalue weighted by Gasteiger charge is 2.48. The first-order valence-electron chi connectivity index (χ1n) is 13.1. The second-order valence-corrected chi connectivity index (χ2v) is 10.1. The Balaban J connectivity index is 1.92. The first-order chi connectivity index (χ1) is 19.2. The maximum absolute atomic E-state index is 13.5. The molecular formula is C30H32N2O7S. The standard InChI is InChI=1S/C30H32N2O7S/c1-6-15-39-22-14-11-20(16-23(22)38-8-3)25-24(26(34)19-9-12-21(13-10-19)37-7-2)27(35)29(36)32(25)30-31-17(4)28(40-30)18(5)33/h9-14,16,25,34H,6-8,15H2,1-5H3/b26-24+. The average molecular weight is 565 g/mol. The van der Waals surface area contributed by atoms with Crippen LogP contribution >= 0.6 is 11.3 Å². The van der Waals surface area contributed by atoms with Crippen LogP contribution in [-0.2, 0) is 9.59 Å². The fourth-order valence-corrected chi connectivity index (χ4v) is 5.47. The van der Waals surface area contributed by atoms with Crippen LogP contribution in [0.15, 0.2) is 48.0 Å². The van der Waals surface area contributed by atoms with Crippen LogP contribution < -0.4 is 19.1 Å². The first-order valence-corrected chi connectivity index (χ1v) is 13.9. The predicted molar refractivity (Wildman–Crippen MR) is 153 cm³/mol. The van der Waals surface area contributed by atoms with Crippen molar-refractivity contribution in [1.29, 1.82) is 0 Å². The topological polar surface area (TPSA) is 115 Å². The highest BCUT2D eigenvalue weighted by molar-refractivity contribution is 7.18. The zero-order valence-electron chi connectivity index (χ0n) is 23.1. The van der Waals surface area contributed by atoms with Crippen molar-refractivity contribution in [2.75, 3.05) is 24.7 Å². The molecule has 2 aromatic carbocycles. The van der Waals surface area contributed by atoms with Gasteiger partial charge in [-0.25, -0.2) is 4.98 Å². The molecule has 210 valence electrons. The van der Waals surface area contributed by atoms with Gasteiger partial charge < -0.3 is 19.3 Å². The maximum Gasteiger partial charge on any atom is 0.301 e. The molecule has 1 fully saturated rings. The molecular weight excluding hydrogens is 532 g/mol. The van der Waals surface area contributed by atoms with Crippen molar-refractivity contribution in [2.45, 2.75) is 47.1 Å². The van der Waals surface area contributed by atoms with Crippen molar-refractivity contribution >= 4 is 39.7 Å². The molecule has 40 heavy (non-hydrogen) atoms. The van der Waals surface area contributed by atoms with Gasteiger partial charge in [-0.3, -0.25) is 19.3 Å². The summed E-state index contributed by atoms with van der Waals surface area (Å²) < 4.78 is 17.2. The van der Waals surface area contributed by atoms with Gasteiger partial charge in [-0.1, -0.05) is 24.3 Å². The lowest BCUT2D eigenvalue weighted by molar-refractivity contribution is -0.132. The molecule has 1 unspecified atom stereocenters. The molecule has 1 amide bonds. The number of nitrogens with zero attached hydrogens (tertiary/aromatic N) is 2. The fourth-order valence-electron chi connectivity index (χ4n) is 4.48. The second kappa shape index (κ2) is 12.3. The van der Waals surface area contributed by atoms with E-state index in [0.29, 0.717) is 58.8 Å². The van der Waals surface area contributed by atoms with Crippen LogP contribution in [0.25, 0.3) is 5.76 Å². The number of anilines is 1. The number of ether oxygens (including phenoxy) is 3. The van der Waals surface area contributed by atoms with Gasteiger partial charge in [-0.2, -0.15) is 0 Å². The van der Waals surface area contributed by atoms with Crippen molar-refractivity contribution in [3.8, 4) is 17.2 Å². The van der Waals surface area contributed by atoms with E-state index in [1.165, 1.54) is 11.8 Å². The second-order valence-electron chi connectivity index (χ2n) is 9.08. The number of aliphatic hydroxyl groups excluding tert-OH is 1. The van der Waals surface area contributed by atoms with Gasteiger partial charge in [0.05, 0.1) is 42.0 Å². The smallest absolute Gasteiger partial charge is 0.301 e. The Bertz CT molecular complexity index is 1460. The van der Waals surface area contributed by atoms with E-state index in [4.69, 9.17) is 14.2 Å². The molecule has 1 aliphatic rings. The minimum atomic E-state index is -1.03. The molecule has 1 atom stereocenters. The number of aromatic nitrogens is 1. The molecule has 0 aliphatic carbocycles. The van der Waals surface area contributed by atoms with E-state index in [0.717, 1.165) is 17.8 Å². The van der Waals surface area contributed by atoms with Crippen molar-refractivity contribution < 1.29 is 33.7 Å². The van der Waals surface area contributed by atoms with Crippen LogP contribution in [0, 0.1) is 6.92 Å². The monoisotopic (exact) mass is 564 g/mol. The number of hydrogen-bond acceptors (Lipinski definition) is 9. The largest absolute Gasteiger partial charge is 0.507 e. The molecule has 0 spiro atoms. The van der Waals surface area contributed by atoms with Crippen molar-refractivity contribution in [1.82, 2.24) is 4.98 Å². The number of carbonyl (C=O) groups excluding carboxylic acids is 3. The van der Waals surface area contributed by atoms with Gasteiger partial charge in [-0.05, 0) is 69.2 Å². The van der Waals surface area contributed by atoms with Crippen molar-refractivity contribution in [3.05, 3.63) is 69.7 Å². The van der Waals surface area contributed by atoms with Crippen molar-refractivity contribution in [2.24, 2.45) is 0 Å². The molecule has 10 heteroatoms. The summed E-state index contributed by atoms with van der Waals surface area (Å²) in [6.07, 6.45) is 0.803. The molecule has 1 saturated heterocycles. The Morgan fingerprint density at radius 2 is 1.70 bits per heavy atom. The Kier molecular flexibility index (Phi) is 8.89. The number of Topliss-reactive ketones (excluding diaryl/α,β-unsaturated/α-hetero) is 2. The third-order valence-corrected chi connectivity index (χ3v) is 7.50. The number of rotatable bonds is 11. The fraction of sp³-hybridized carbons (Fsp3) is 0.333. The summed E-state index contributed by atoms with van der Waals surface area (Å²) in [6.45, 7) is 10.1. The average Bonchev–Trinajstić information content (AvgIpc) is 3.45. The first kappa shape index (κ1) is 28.8. The number of thiazole rings is 1. The predicted octanol–water partition coefficient (Wildman–Crippen LogP) is 5.87. The normalized spacial score (nSPS) is 16.3. The summed E-state index contributed by atoms with van der Waals surface area (Å²) >= 11 is 1.03. The summed E-state index contributed by atoms with van der Waals surface area (Å²) in [5.74, 6) is -0.670. The molecule has 4 rings (SSSR count). The third-order valence-electron chi connectivity index (χ3n) is 6.24. The Morgan fingerprint density at radius 1 is 1.00 bits per heavy atom. The number of carbonyl (C=O) groups is 3. The van der Waals surface area contributed by atoms with Gasteiger partial charge in [0.2, 0.25) is 0 Å². The summed E-state index contributed by atoms with van der Waals surface area (Å²) in [4.78, 5) is 45.3. The molecule has 1 aliphatic heterocycles. The van der Waals surface area contributed by atoms with Crippen LogP contribution in [0.2, 0.25) is 0 Å². The van der Waals surface area contributed by atoms with Gasteiger partial charge in [0, 0.05) is 12.5 Å². The molecule has 1 N–H and O–H groups in total. The number of amides is 1. The minimum absolute atomic E-state index is 0.101. The van der Waals surface area contributed by atoms with Gasteiger partial charge in [0.15, 0.2) is 22.4 Å². The maximum atomic E-state index is 13.5. The van der Waals surface area contributed by atoms with Crippen LogP contribution in [-0.4, -0.2) is 47.4 Å². The van der Waals surface area contributed by atoms with Crippen LogP contribution in [0.5, 0.6) is 17.2 Å². The molecule has 1 aromatic heterocycles. The Morgan fingerprint density at radius 3 is 2.30 bits per heavy atom. The van der Waals surface area contributed by atoms with Gasteiger partial charge in [-0.15, -0.1) is 0 Å². The highest BCUT2D eigenvalue weighted by Crippen LogP contribution is 2.45. The van der Waals surface area contributed by atoms with E-state index >= 15 is 0 Å². The van der Waals surface area contributed by atoms with Crippen molar-refractivity contribution in [3.63, 3.8) is 0 Å². The number of ketones is 2. The number of benzene rings is 2. The van der Waals surface area contributed by atoms with E-state index in [1.54, 1.807) is 49.4 Å². The lowest BCUT2D eigenvalue weighted by Gasteiger charge is -2.24. The molecule has 3 aromatic rings. The van der Waals surface area contributed by atoms with Gasteiger partial charge in [0.1, 0.15) is 11.5 Å². The highest BCUT2D eigenvalue weighted by atomic mass is 32.1. The molecule has 0 radical (unpaired) electrons. The molecule has 0 saturated carbocycles. The van der Waals surface area contributed by atoms with E-state index in [2.05, 4.69) is 4.98 Å². The number of aliphatic hydroxyl groups is 1. The lowest BCUT2D eigenvalue weighted by atomic mass is 9.95. The molecule has 9 nitrogen and oxygen atoms in total. The number of hydrogen-bond donors (Lipinski definition) is 1. The van der Waals surface area contributed by atoms with Crippen LogP contribution in [0.4, 0.5) is 5.13 Å². The number of aryl methyl sites for hydroxylation is 1. The quantitative estimate of drug-likeness (QED) is 0.133. The Labute approximate surface area is 237 Å². The third kappa shape index (κ3) is 5.58. The SMILES string of the molecule is CCCOc1ccc(C2/C(=C(\O)c3ccc(OCC)cc3)C(=O)C(=O)N2c2nc(C)c(C(C)=O)s2)cc1OCC. The lowest BCUT2D eigenvalue weighted by Crippen LogP contribution is -2.29. The van der Waals surface area contributed by atoms with Gasteiger partial charge in [0.25, 0.3) is 5.78 Å². The van der Waals surface area contributed by atoms with Gasteiger partial charge >= 0.3 is 5.91 Å². The molecule has 0 bridgehead atoms. The van der Waals surface area contributed by atoms with E-state index < -0.39 is 17.7 Å². The summed E-state index contributed by atoms with van der Waals surface area (Å²) in [5, 5.41) is 11.6. The summed E-state index contributed by atoms with van der Waals surface area (Å²) in [6, 6.07) is 10.7. The van der Waals surface area contributed by atoms with E-state index in [9.17, 15) is 19.5 Å². The Hall–Kier alpha value is -4.18. The van der Waals surface area contributed by atoms with Crippen LogP contribution in [0.1, 0.15) is 66.7 Å². The minimum Gasteiger partial charge on any atom is -0.507 e. The zero-order chi connectivity index (χ0) is 29.0. The summed E-state index contributed by atoms with van der Waals surface area (Å²) in [5.41, 5.74) is 1.21.